The van der Waals surface area contributed by atoms with Crippen molar-refractivity contribution in [2.24, 2.45) is 11.1 Å². The van der Waals surface area contributed by atoms with Gasteiger partial charge in [0.05, 0.1) is 19.1 Å². The summed E-state index contributed by atoms with van der Waals surface area (Å²) >= 11 is 0. The minimum absolute atomic E-state index is 0.0185. The highest BCUT2D eigenvalue weighted by atomic mass is 16.5. The van der Waals surface area contributed by atoms with E-state index in [0.29, 0.717) is 30.4 Å². The van der Waals surface area contributed by atoms with Crippen molar-refractivity contribution in [3.05, 3.63) is 29.8 Å². The van der Waals surface area contributed by atoms with E-state index in [1.165, 1.54) is 12.8 Å². The number of ether oxygens (including phenoxy) is 2. The molecule has 1 spiro atoms. The quantitative estimate of drug-likeness (QED) is 0.745. The maximum atomic E-state index is 12.3. The lowest BCUT2D eigenvalue weighted by Crippen LogP contribution is -2.63. The summed E-state index contributed by atoms with van der Waals surface area (Å²) in [6, 6.07) is 6.82. The second kappa shape index (κ2) is 8.08. The molecule has 2 amide bonds. The van der Waals surface area contributed by atoms with Gasteiger partial charge in [-0.2, -0.15) is 0 Å². The molecule has 3 N–H and O–H groups in total. The van der Waals surface area contributed by atoms with Gasteiger partial charge in [-0.15, -0.1) is 0 Å². The number of primary amides is 1. The monoisotopic (exact) mass is 360 g/mol. The van der Waals surface area contributed by atoms with Crippen LogP contribution in [0.1, 0.15) is 55.8 Å². The first-order valence-corrected chi connectivity index (χ1v) is 9.49. The molecule has 2 aliphatic carbocycles. The molecule has 2 aliphatic rings. The van der Waals surface area contributed by atoms with Crippen LogP contribution in [-0.2, 0) is 9.53 Å². The molecule has 0 aliphatic heterocycles. The van der Waals surface area contributed by atoms with Crippen molar-refractivity contribution < 1.29 is 19.1 Å². The summed E-state index contributed by atoms with van der Waals surface area (Å²) < 4.78 is 11.5. The number of carbonyl (C=O) groups is 2. The predicted molar refractivity (Wildman–Crippen MR) is 97.9 cm³/mol. The number of benzene rings is 1. The summed E-state index contributed by atoms with van der Waals surface area (Å²) in [4.78, 5) is 23.3. The van der Waals surface area contributed by atoms with Crippen LogP contribution in [0.25, 0.3) is 0 Å². The minimum Gasteiger partial charge on any atom is -0.493 e. The van der Waals surface area contributed by atoms with Crippen LogP contribution in [0.4, 0.5) is 0 Å². The van der Waals surface area contributed by atoms with Gasteiger partial charge >= 0.3 is 0 Å². The highest BCUT2D eigenvalue weighted by molar-refractivity contribution is 5.92. The first-order valence-electron chi connectivity index (χ1n) is 9.49. The zero-order valence-electron chi connectivity index (χ0n) is 15.3. The van der Waals surface area contributed by atoms with E-state index in [1.807, 2.05) is 6.92 Å². The van der Waals surface area contributed by atoms with E-state index in [-0.39, 0.29) is 17.4 Å². The minimum atomic E-state index is -0.470. The average molecular weight is 360 g/mol. The topological polar surface area (TPSA) is 90.7 Å². The Morgan fingerprint density at radius 3 is 2.54 bits per heavy atom. The van der Waals surface area contributed by atoms with Crippen LogP contribution in [0.15, 0.2) is 24.3 Å². The molecule has 0 aromatic heterocycles. The Hall–Kier alpha value is -2.08. The van der Waals surface area contributed by atoms with E-state index in [4.69, 9.17) is 15.2 Å². The molecular formula is C20H28N2O4. The molecule has 6 nitrogen and oxygen atoms in total. The number of amides is 2. The smallest absolute Gasteiger partial charge is 0.248 e. The Morgan fingerprint density at radius 1 is 1.23 bits per heavy atom. The Kier molecular flexibility index (Phi) is 5.81. The van der Waals surface area contributed by atoms with Gasteiger partial charge in [-0.25, -0.2) is 0 Å². The first kappa shape index (κ1) is 18.7. The maximum absolute atomic E-state index is 12.3. The molecule has 3 rings (SSSR count). The third kappa shape index (κ3) is 3.85. The van der Waals surface area contributed by atoms with Gasteiger partial charge in [0.25, 0.3) is 0 Å². The lowest BCUT2D eigenvalue weighted by molar-refractivity contribution is -0.144. The van der Waals surface area contributed by atoms with Crippen molar-refractivity contribution in [1.82, 2.24) is 5.32 Å². The summed E-state index contributed by atoms with van der Waals surface area (Å²) in [6.45, 7) is 3.06. The number of hydrogen-bond acceptors (Lipinski definition) is 4. The number of nitrogens with two attached hydrogens (primary N) is 1. The molecule has 1 aromatic carbocycles. The summed E-state index contributed by atoms with van der Waals surface area (Å²) in [5.41, 5.74) is 5.79. The molecule has 26 heavy (non-hydrogen) atoms. The standard InChI is InChI=1S/C20H28N2O4/c1-2-25-17-13-16(20(17)10-3-4-11-20)22-18(23)9-12-26-15-7-5-14(6-8-15)19(21)24/h5-8,16-17H,2-4,9-13H2,1H3,(H2,21,24)(H,22,23)/t16-,17+/m0/s1. The molecule has 0 unspecified atom stereocenters. The van der Waals surface area contributed by atoms with Crippen molar-refractivity contribution in [2.45, 2.75) is 57.6 Å². The lowest BCUT2D eigenvalue weighted by Gasteiger charge is -2.54. The van der Waals surface area contributed by atoms with E-state index >= 15 is 0 Å². The Labute approximate surface area is 154 Å². The van der Waals surface area contributed by atoms with E-state index in [2.05, 4.69) is 5.32 Å². The van der Waals surface area contributed by atoms with Gasteiger partial charge in [0.15, 0.2) is 0 Å². The fraction of sp³-hybridized carbons (Fsp3) is 0.600. The summed E-state index contributed by atoms with van der Waals surface area (Å²) in [5, 5.41) is 3.19. The number of carbonyl (C=O) groups excluding carboxylic acids is 2. The molecular weight excluding hydrogens is 332 g/mol. The van der Waals surface area contributed by atoms with E-state index in [9.17, 15) is 9.59 Å². The summed E-state index contributed by atoms with van der Waals surface area (Å²) in [6.07, 6.45) is 6.25. The van der Waals surface area contributed by atoms with Crippen LogP contribution < -0.4 is 15.8 Å². The molecule has 2 saturated carbocycles. The van der Waals surface area contributed by atoms with Crippen LogP contribution in [0, 0.1) is 5.41 Å². The van der Waals surface area contributed by atoms with Gasteiger partial charge in [0.2, 0.25) is 11.8 Å². The number of nitrogens with one attached hydrogen (secondary N) is 1. The number of rotatable bonds is 8. The fourth-order valence-electron chi connectivity index (χ4n) is 4.33. The SMILES string of the molecule is CCO[C@@H]1C[C@H](NC(=O)CCOc2ccc(C(N)=O)cc2)C12CCCC2. The summed E-state index contributed by atoms with van der Waals surface area (Å²) in [5.74, 6) is 0.169. The van der Waals surface area contributed by atoms with Crippen LogP contribution in [0.2, 0.25) is 0 Å². The Balaban J connectivity index is 1.43. The van der Waals surface area contributed by atoms with Gasteiger partial charge in [-0.05, 0) is 50.5 Å². The maximum Gasteiger partial charge on any atom is 0.248 e. The van der Waals surface area contributed by atoms with Crippen molar-refractivity contribution in [3.8, 4) is 5.75 Å². The zero-order chi connectivity index (χ0) is 18.6. The molecule has 2 atom stereocenters. The third-order valence-corrected chi connectivity index (χ3v) is 5.76. The van der Waals surface area contributed by atoms with Gasteiger partial charge < -0.3 is 20.5 Å². The molecule has 0 heterocycles. The van der Waals surface area contributed by atoms with Gasteiger partial charge in [-0.3, -0.25) is 9.59 Å². The van der Waals surface area contributed by atoms with Crippen LogP contribution in [-0.4, -0.2) is 37.2 Å². The van der Waals surface area contributed by atoms with E-state index in [0.717, 1.165) is 25.9 Å². The van der Waals surface area contributed by atoms with E-state index < -0.39 is 5.91 Å². The molecule has 6 heteroatoms. The number of hydrogen-bond donors (Lipinski definition) is 2. The molecule has 0 bridgehead atoms. The second-order valence-corrected chi connectivity index (χ2v) is 7.23. The van der Waals surface area contributed by atoms with E-state index in [1.54, 1.807) is 24.3 Å². The largest absolute Gasteiger partial charge is 0.493 e. The molecule has 0 radical (unpaired) electrons. The summed E-state index contributed by atoms with van der Waals surface area (Å²) in [7, 11) is 0. The van der Waals surface area contributed by atoms with Crippen LogP contribution >= 0.6 is 0 Å². The Morgan fingerprint density at radius 2 is 1.92 bits per heavy atom. The zero-order valence-corrected chi connectivity index (χ0v) is 15.3. The van der Waals surface area contributed by atoms with Crippen molar-refractivity contribution in [1.29, 1.82) is 0 Å². The second-order valence-electron chi connectivity index (χ2n) is 7.23. The first-order chi connectivity index (χ1) is 12.5. The highest BCUT2D eigenvalue weighted by Gasteiger charge is 2.57. The predicted octanol–water partition coefficient (Wildman–Crippen LogP) is 2.41. The van der Waals surface area contributed by atoms with Crippen molar-refractivity contribution in [2.75, 3.05) is 13.2 Å². The average Bonchev–Trinajstić information content (AvgIpc) is 3.14. The van der Waals surface area contributed by atoms with Gasteiger partial charge in [0, 0.05) is 23.6 Å². The normalized spacial score (nSPS) is 23.4. The van der Waals surface area contributed by atoms with Gasteiger partial charge in [0.1, 0.15) is 5.75 Å². The molecule has 142 valence electrons. The highest BCUT2D eigenvalue weighted by Crippen LogP contribution is 2.54. The van der Waals surface area contributed by atoms with Crippen molar-refractivity contribution >= 4 is 11.8 Å². The lowest BCUT2D eigenvalue weighted by atomic mass is 9.60. The van der Waals surface area contributed by atoms with Crippen LogP contribution in [0.3, 0.4) is 0 Å². The Bertz CT molecular complexity index is 638. The molecule has 0 saturated heterocycles. The van der Waals surface area contributed by atoms with Crippen LogP contribution in [0.5, 0.6) is 5.75 Å². The van der Waals surface area contributed by atoms with Gasteiger partial charge in [-0.1, -0.05) is 12.8 Å². The van der Waals surface area contributed by atoms with Crippen molar-refractivity contribution in [3.63, 3.8) is 0 Å². The fourth-order valence-corrected chi connectivity index (χ4v) is 4.33. The molecule has 2 fully saturated rings. The third-order valence-electron chi connectivity index (χ3n) is 5.76. The molecule has 1 aromatic rings.